The zero-order valence-electron chi connectivity index (χ0n) is 39.2. The van der Waals surface area contributed by atoms with Crippen molar-refractivity contribution >= 4 is 38.9 Å². The molecule has 11 aromatic rings. The second-order valence-electron chi connectivity index (χ2n) is 20.8. The molecule has 0 unspecified atom stereocenters. The van der Waals surface area contributed by atoms with Gasteiger partial charge < -0.3 is 9.47 Å². The van der Waals surface area contributed by atoms with Crippen LogP contribution in [0.15, 0.2) is 218 Å². The lowest BCUT2D eigenvalue weighted by Gasteiger charge is -2.40. The molecule has 0 fully saturated rings. The number of hydrogen-bond acceptors (Lipinski definition) is 1. The lowest BCUT2D eigenvalue weighted by molar-refractivity contribution is 0.658. The number of nitrogens with zero attached hydrogens (tertiary/aromatic N) is 2. The highest BCUT2D eigenvalue weighted by atomic mass is 15.1. The van der Waals surface area contributed by atoms with Crippen LogP contribution in [0.5, 0.6) is 0 Å². The SMILES string of the molecule is CC1(C)c2ccccc2-c2ccc(N(c3ccccc3-c3ccc4c(c3)-n3c5ccccc5c5cccc(c53)C43c4ccccc4-c4ccccc43)c3cccc4c3C(C)(C)c3ccccc3-4)cc21. The molecule has 0 amide bonds. The van der Waals surface area contributed by atoms with Crippen molar-refractivity contribution in [2.24, 2.45) is 0 Å². The highest BCUT2D eigenvalue weighted by Gasteiger charge is 2.51. The van der Waals surface area contributed by atoms with E-state index in [1.165, 1.54) is 122 Å². The zero-order valence-corrected chi connectivity index (χ0v) is 39.2. The molecule has 1 aliphatic heterocycles. The second kappa shape index (κ2) is 13.5. The molecule has 2 heterocycles. The average Bonchev–Trinajstić information content (AvgIpc) is 4.04. The molecule has 1 aromatic heterocycles. The van der Waals surface area contributed by atoms with E-state index < -0.39 is 5.41 Å². The summed E-state index contributed by atoms with van der Waals surface area (Å²) in [6.45, 7) is 9.60. The Balaban J connectivity index is 1.01. The summed E-state index contributed by atoms with van der Waals surface area (Å²) in [6, 6.07) is 83.0. The van der Waals surface area contributed by atoms with Gasteiger partial charge in [-0.25, -0.2) is 0 Å². The van der Waals surface area contributed by atoms with Gasteiger partial charge in [-0.05, 0) is 120 Å². The van der Waals surface area contributed by atoms with Crippen molar-refractivity contribution in [3.63, 3.8) is 0 Å². The summed E-state index contributed by atoms with van der Waals surface area (Å²) >= 11 is 0. The van der Waals surface area contributed by atoms with Crippen molar-refractivity contribution in [1.82, 2.24) is 4.57 Å². The van der Waals surface area contributed by atoms with Crippen LogP contribution in [0.4, 0.5) is 17.1 Å². The fourth-order valence-corrected chi connectivity index (χ4v) is 13.9. The van der Waals surface area contributed by atoms with E-state index in [9.17, 15) is 0 Å². The smallest absolute Gasteiger partial charge is 0.0754 e. The molecule has 10 aromatic carbocycles. The maximum atomic E-state index is 2.59. The first kappa shape index (κ1) is 38.9. The van der Waals surface area contributed by atoms with Gasteiger partial charge in [-0.2, -0.15) is 0 Å². The Bertz CT molecular complexity index is 4000. The van der Waals surface area contributed by atoms with Gasteiger partial charge in [0.05, 0.1) is 33.5 Å². The predicted octanol–water partition coefficient (Wildman–Crippen LogP) is 17.2. The van der Waals surface area contributed by atoms with Gasteiger partial charge in [0.1, 0.15) is 0 Å². The van der Waals surface area contributed by atoms with E-state index in [1.807, 2.05) is 0 Å². The van der Waals surface area contributed by atoms with Crippen LogP contribution in [0.1, 0.15) is 72.2 Å². The molecular formula is C67H48N2. The van der Waals surface area contributed by atoms with Crippen molar-refractivity contribution in [2.45, 2.75) is 43.9 Å². The lowest BCUT2D eigenvalue weighted by Crippen LogP contribution is -2.33. The summed E-state index contributed by atoms with van der Waals surface area (Å²) in [5, 5.41) is 2.56. The van der Waals surface area contributed by atoms with E-state index in [2.05, 4.69) is 256 Å². The van der Waals surface area contributed by atoms with Crippen LogP contribution in [0, 0.1) is 0 Å². The number of benzene rings is 10. The van der Waals surface area contributed by atoms with Gasteiger partial charge in [-0.1, -0.05) is 210 Å². The van der Waals surface area contributed by atoms with Gasteiger partial charge >= 0.3 is 0 Å². The number of para-hydroxylation sites is 3. The fourth-order valence-electron chi connectivity index (χ4n) is 13.9. The maximum Gasteiger partial charge on any atom is 0.0754 e. The van der Waals surface area contributed by atoms with Crippen molar-refractivity contribution in [2.75, 3.05) is 4.90 Å². The third-order valence-corrected chi connectivity index (χ3v) is 16.8. The third-order valence-electron chi connectivity index (χ3n) is 16.8. The quantitative estimate of drug-likeness (QED) is 0.171. The molecule has 15 rings (SSSR count). The number of rotatable bonds is 4. The van der Waals surface area contributed by atoms with Crippen molar-refractivity contribution in [1.29, 1.82) is 0 Å². The first-order valence-electron chi connectivity index (χ1n) is 24.5. The largest absolute Gasteiger partial charge is 0.310 e. The number of anilines is 3. The number of aromatic nitrogens is 1. The molecule has 326 valence electrons. The minimum absolute atomic E-state index is 0.158. The average molecular weight is 881 g/mol. The molecule has 0 radical (unpaired) electrons. The van der Waals surface area contributed by atoms with Crippen LogP contribution in [0.3, 0.4) is 0 Å². The summed E-state index contributed by atoms with van der Waals surface area (Å²) in [5.41, 5.74) is 27.4. The Morgan fingerprint density at radius 3 is 1.61 bits per heavy atom. The van der Waals surface area contributed by atoms with Gasteiger partial charge in [0, 0.05) is 32.9 Å². The molecule has 2 heteroatoms. The van der Waals surface area contributed by atoms with Crippen molar-refractivity contribution in [3.8, 4) is 50.2 Å². The van der Waals surface area contributed by atoms with Crippen LogP contribution in [0.2, 0.25) is 0 Å². The third kappa shape index (κ3) is 4.81. The van der Waals surface area contributed by atoms with Crippen LogP contribution in [0.25, 0.3) is 72.0 Å². The molecule has 3 aliphatic carbocycles. The molecule has 0 atom stereocenters. The van der Waals surface area contributed by atoms with Gasteiger partial charge in [-0.15, -0.1) is 0 Å². The molecule has 0 bridgehead atoms. The first-order chi connectivity index (χ1) is 33.8. The number of fused-ring (bicyclic) bond motifs is 18. The molecule has 1 spiro atoms. The van der Waals surface area contributed by atoms with E-state index in [1.54, 1.807) is 0 Å². The minimum Gasteiger partial charge on any atom is -0.310 e. The van der Waals surface area contributed by atoms with Gasteiger partial charge in [0.25, 0.3) is 0 Å². The zero-order chi connectivity index (χ0) is 46.0. The van der Waals surface area contributed by atoms with Gasteiger partial charge in [0.15, 0.2) is 0 Å². The van der Waals surface area contributed by atoms with Crippen LogP contribution < -0.4 is 4.90 Å². The highest BCUT2D eigenvalue weighted by molar-refractivity contribution is 6.13. The minimum atomic E-state index is -0.504. The van der Waals surface area contributed by atoms with Gasteiger partial charge in [-0.3, -0.25) is 0 Å². The molecular weight excluding hydrogens is 833 g/mol. The highest BCUT2D eigenvalue weighted by Crippen LogP contribution is 2.62. The monoisotopic (exact) mass is 880 g/mol. The van der Waals surface area contributed by atoms with E-state index in [0.717, 1.165) is 11.4 Å². The van der Waals surface area contributed by atoms with Crippen LogP contribution in [-0.4, -0.2) is 4.57 Å². The summed E-state index contributed by atoms with van der Waals surface area (Å²) < 4.78 is 2.58. The van der Waals surface area contributed by atoms with Crippen molar-refractivity contribution < 1.29 is 0 Å². The Labute approximate surface area is 403 Å². The van der Waals surface area contributed by atoms with E-state index in [-0.39, 0.29) is 10.8 Å². The van der Waals surface area contributed by atoms with Crippen LogP contribution >= 0.6 is 0 Å². The Morgan fingerprint density at radius 1 is 0.348 bits per heavy atom. The maximum absolute atomic E-state index is 2.59. The Kier molecular flexibility index (Phi) is 7.60. The molecule has 0 saturated heterocycles. The molecule has 0 N–H and O–H groups in total. The lowest BCUT2D eigenvalue weighted by atomic mass is 9.65. The summed E-state index contributed by atoms with van der Waals surface area (Å²) in [5.74, 6) is 0. The summed E-state index contributed by atoms with van der Waals surface area (Å²) in [6.07, 6.45) is 0. The summed E-state index contributed by atoms with van der Waals surface area (Å²) in [7, 11) is 0. The standard InChI is InChI=1S/C67H48N2/c1-65(2)52-27-11-5-20-44(52)48-37-36-42(40-58(48)65)68(61-34-18-25-50-47-23-6-12-28-53(47)66(3,4)63(50)61)59-32-15-9-19-43(59)41-35-38-56-62(39-41)69-60-33-16-10-24-49(60)51-26-17-31-57(64(51)69)67(56)54-29-13-7-21-45(54)46-22-8-14-30-55(46)67/h5-40H,1-4H3. The normalized spacial score (nSPS) is 15.3. The van der Waals surface area contributed by atoms with E-state index in [0.29, 0.717) is 0 Å². The predicted molar refractivity (Wildman–Crippen MR) is 287 cm³/mol. The van der Waals surface area contributed by atoms with Crippen LogP contribution in [-0.2, 0) is 16.2 Å². The summed E-state index contributed by atoms with van der Waals surface area (Å²) in [4.78, 5) is 2.59. The van der Waals surface area contributed by atoms with E-state index in [4.69, 9.17) is 0 Å². The van der Waals surface area contributed by atoms with Gasteiger partial charge in [0.2, 0.25) is 0 Å². The fraction of sp³-hybridized carbons (Fsp3) is 0.104. The number of hydrogen-bond donors (Lipinski definition) is 0. The van der Waals surface area contributed by atoms with E-state index >= 15 is 0 Å². The van der Waals surface area contributed by atoms with Crippen molar-refractivity contribution in [3.05, 3.63) is 263 Å². The molecule has 4 aliphatic rings. The molecule has 69 heavy (non-hydrogen) atoms. The Morgan fingerprint density at radius 2 is 0.870 bits per heavy atom. The molecule has 2 nitrogen and oxygen atoms in total. The first-order valence-corrected chi connectivity index (χ1v) is 24.5. The molecule has 0 saturated carbocycles. The Hall–Kier alpha value is -8.20. The second-order valence-corrected chi connectivity index (χ2v) is 20.8. The topological polar surface area (TPSA) is 8.17 Å².